The van der Waals surface area contributed by atoms with Gasteiger partial charge < -0.3 is 10.6 Å². The Balaban J connectivity index is 0.00000242. The molecule has 2 heterocycles. The number of piperidine rings is 1. The molecule has 1 aromatic rings. The molecule has 1 saturated heterocycles. The molecule has 0 spiro atoms. The zero-order valence-corrected chi connectivity index (χ0v) is 15.7. The van der Waals surface area contributed by atoms with Crippen LogP contribution in [0.5, 0.6) is 0 Å². The van der Waals surface area contributed by atoms with E-state index in [0.29, 0.717) is 12.6 Å². The maximum absolute atomic E-state index is 12.2. The largest absolute Gasteiger partial charge is 0.347 e. The molecular formula is C16H28Cl2N4O. The van der Waals surface area contributed by atoms with Crippen LogP contribution in [0.3, 0.4) is 0 Å². The van der Waals surface area contributed by atoms with E-state index in [2.05, 4.69) is 20.5 Å². The number of aryl methyl sites for hydroxylation is 1. The van der Waals surface area contributed by atoms with Crippen LogP contribution in [0, 0.1) is 6.92 Å². The zero-order valence-electron chi connectivity index (χ0n) is 14.0. The van der Waals surface area contributed by atoms with Gasteiger partial charge in [-0.05, 0) is 58.5 Å². The first-order valence-corrected chi connectivity index (χ1v) is 7.69. The summed E-state index contributed by atoms with van der Waals surface area (Å²) in [5.41, 5.74) is 2.05. The molecule has 1 amide bonds. The third-order valence-electron chi connectivity index (χ3n) is 4.16. The first-order chi connectivity index (χ1) is 10.1. The first-order valence-electron chi connectivity index (χ1n) is 7.69. The highest BCUT2D eigenvalue weighted by Crippen LogP contribution is 2.14. The van der Waals surface area contributed by atoms with Gasteiger partial charge in [-0.3, -0.25) is 14.7 Å². The van der Waals surface area contributed by atoms with Crippen molar-refractivity contribution in [2.75, 3.05) is 26.7 Å². The molecule has 1 atom stereocenters. The minimum absolute atomic E-state index is 0. The number of nitrogens with one attached hydrogen (secondary N) is 2. The van der Waals surface area contributed by atoms with Crippen molar-refractivity contribution in [2.24, 2.45) is 0 Å². The normalized spacial score (nSPS) is 16.2. The average Bonchev–Trinajstić information content (AvgIpc) is 2.48. The number of amides is 1. The molecule has 2 N–H and O–H groups in total. The summed E-state index contributed by atoms with van der Waals surface area (Å²) in [5, 5.41) is 6.40. The second-order valence-corrected chi connectivity index (χ2v) is 5.89. The van der Waals surface area contributed by atoms with Gasteiger partial charge in [0, 0.05) is 12.2 Å². The number of aromatic nitrogens is 1. The summed E-state index contributed by atoms with van der Waals surface area (Å²) < 4.78 is 0. The third-order valence-corrected chi connectivity index (χ3v) is 4.16. The molecule has 5 nitrogen and oxygen atoms in total. The standard InChI is InChI=1S/C16H26N4O.2ClH/c1-12-5-4-8-18-16(12)13(2)19-15(21)11-20(3)14-6-9-17-10-7-14;;/h4-5,8,13-14,17H,6-7,9-11H2,1-3H3,(H,19,21);2*1H. The van der Waals surface area contributed by atoms with Crippen molar-refractivity contribution in [1.82, 2.24) is 20.5 Å². The van der Waals surface area contributed by atoms with Gasteiger partial charge in [0.25, 0.3) is 0 Å². The minimum Gasteiger partial charge on any atom is -0.347 e. The predicted octanol–water partition coefficient (Wildman–Crippen LogP) is 2.09. The van der Waals surface area contributed by atoms with Crippen molar-refractivity contribution in [2.45, 2.75) is 38.8 Å². The van der Waals surface area contributed by atoms with Gasteiger partial charge in [-0.1, -0.05) is 6.07 Å². The molecule has 0 aromatic carbocycles. The molecule has 0 aliphatic carbocycles. The van der Waals surface area contributed by atoms with E-state index in [4.69, 9.17) is 0 Å². The van der Waals surface area contributed by atoms with Crippen molar-refractivity contribution in [3.8, 4) is 0 Å². The van der Waals surface area contributed by atoms with E-state index >= 15 is 0 Å². The molecule has 0 bridgehead atoms. The van der Waals surface area contributed by atoms with Crippen LogP contribution < -0.4 is 10.6 Å². The molecule has 1 aliphatic rings. The fraction of sp³-hybridized carbons (Fsp3) is 0.625. The van der Waals surface area contributed by atoms with Gasteiger partial charge >= 0.3 is 0 Å². The van der Waals surface area contributed by atoms with Crippen LogP contribution in [-0.4, -0.2) is 48.5 Å². The molecular weight excluding hydrogens is 335 g/mol. The summed E-state index contributed by atoms with van der Waals surface area (Å²) in [6, 6.07) is 4.38. The fourth-order valence-electron chi connectivity index (χ4n) is 2.91. The number of nitrogens with zero attached hydrogens (tertiary/aromatic N) is 2. The van der Waals surface area contributed by atoms with Crippen LogP contribution in [0.4, 0.5) is 0 Å². The lowest BCUT2D eigenvalue weighted by Gasteiger charge is -2.31. The monoisotopic (exact) mass is 362 g/mol. The Hall–Kier alpha value is -0.880. The Morgan fingerprint density at radius 1 is 1.43 bits per heavy atom. The minimum atomic E-state index is -0.0554. The molecule has 1 aliphatic heterocycles. The van der Waals surface area contributed by atoms with Crippen molar-refractivity contribution in [3.05, 3.63) is 29.6 Å². The second kappa shape index (κ2) is 10.8. The summed E-state index contributed by atoms with van der Waals surface area (Å²) in [7, 11) is 2.03. The summed E-state index contributed by atoms with van der Waals surface area (Å²) in [5.74, 6) is 0.0635. The van der Waals surface area contributed by atoms with Crippen LogP contribution in [0.25, 0.3) is 0 Å². The Morgan fingerprint density at radius 3 is 2.70 bits per heavy atom. The number of hydrogen-bond acceptors (Lipinski definition) is 4. The number of halogens is 2. The van der Waals surface area contributed by atoms with Crippen LogP contribution in [0.15, 0.2) is 18.3 Å². The van der Waals surface area contributed by atoms with Gasteiger partial charge in [0.15, 0.2) is 0 Å². The van der Waals surface area contributed by atoms with Crippen LogP contribution in [0.2, 0.25) is 0 Å². The lowest BCUT2D eigenvalue weighted by atomic mass is 10.1. The van der Waals surface area contributed by atoms with Crippen molar-refractivity contribution < 1.29 is 4.79 Å². The summed E-state index contributed by atoms with van der Waals surface area (Å²) in [4.78, 5) is 18.7. The Labute approximate surface area is 151 Å². The van der Waals surface area contributed by atoms with E-state index in [-0.39, 0.29) is 36.8 Å². The van der Waals surface area contributed by atoms with Crippen molar-refractivity contribution in [1.29, 1.82) is 0 Å². The maximum Gasteiger partial charge on any atom is 0.234 e. The van der Waals surface area contributed by atoms with Crippen LogP contribution in [0.1, 0.15) is 37.1 Å². The number of pyridine rings is 1. The number of carbonyl (C=O) groups is 1. The highest BCUT2D eigenvalue weighted by Gasteiger charge is 2.20. The van der Waals surface area contributed by atoms with E-state index in [0.717, 1.165) is 37.2 Å². The van der Waals surface area contributed by atoms with Gasteiger partial charge in [-0.15, -0.1) is 24.8 Å². The molecule has 23 heavy (non-hydrogen) atoms. The highest BCUT2D eigenvalue weighted by atomic mass is 35.5. The Bertz CT molecular complexity index is 481. The first kappa shape index (κ1) is 22.1. The molecule has 0 radical (unpaired) electrons. The van der Waals surface area contributed by atoms with Gasteiger partial charge in [-0.2, -0.15) is 0 Å². The number of likely N-dealkylation sites (N-methyl/N-ethyl adjacent to an activating group) is 1. The molecule has 2 rings (SSSR count). The summed E-state index contributed by atoms with van der Waals surface area (Å²) in [6.07, 6.45) is 3.99. The van der Waals surface area contributed by atoms with Gasteiger partial charge in [-0.25, -0.2) is 0 Å². The van der Waals surface area contributed by atoms with Crippen molar-refractivity contribution in [3.63, 3.8) is 0 Å². The fourth-order valence-corrected chi connectivity index (χ4v) is 2.91. The van der Waals surface area contributed by atoms with E-state index < -0.39 is 0 Å². The maximum atomic E-state index is 12.2. The van der Waals surface area contributed by atoms with Gasteiger partial charge in [0.05, 0.1) is 18.3 Å². The second-order valence-electron chi connectivity index (χ2n) is 5.89. The molecule has 1 aromatic heterocycles. The summed E-state index contributed by atoms with van der Waals surface area (Å²) >= 11 is 0. The van der Waals surface area contributed by atoms with Gasteiger partial charge in [0.1, 0.15) is 0 Å². The smallest absolute Gasteiger partial charge is 0.234 e. The lowest BCUT2D eigenvalue weighted by Crippen LogP contribution is -2.45. The topological polar surface area (TPSA) is 57.3 Å². The average molecular weight is 363 g/mol. The molecule has 132 valence electrons. The number of rotatable bonds is 5. The van der Waals surface area contributed by atoms with E-state index in [1.165, 1.54) is 0 Å². The van der Waals surface area contributed by atoms with E-state index in [1.807, 2.05) is 33.0 Å². The van der Waals surface area contributed by atoms with E-state index in [1.54, 1.807) is 6.20 Å². The Morgan fingerprint density at radius 2 is 2.09 bits per heavy atom. The highest BCUT2D eigenvalue weighted by molar-refractivity contribution is 5.85. The Kier molecular flexibility index (Phi) is 10.4. The lowest BCUT2D eigenvalue weighted by molar-refractivity contribution is -0.123. The summed E-state index contributed by atoms with van der Waals surface area (Å²) in [6.45, 7) is 6.53. The molecule has 7 heteroatoms. The number of carbonyl (C=O) groups excluding carboxylic acids is 1. The van der Waals surface area contributed by atoms with Crippen LogP contribution in [-0.2, 0) is 4.79 Å². The number of hydrogen-bond donors (Lipinski definition) is 2. The molecule has 1 fully saturated rings. The zero-order chi connectivity index (χ0) is 15.2. The molecule has 1 unspecified atom stereocenters. The third kappa shape index (κ3) is 6.63. The molecule has 0 saturated carbocycles. The van der Waals surface area contributed by atoms with Gasteiger partial charge in [0.2, 0.25) is 5.91 Å². The van der Waals surface area contributed by atoms with Crippen molar-refractivity contribution >= 4 is 30.7 Å². The van der Waals surface area contributed by atoms with E-state index in [9.17, 15) is 4.79 Å². The van der Waals surface area contributed by atoms with Crippen LogP contribution >= 0.6 is 24.8 Å². The SMILES string of the molecule is Cc1cccnc1C(C)NC(=O)CN(C)C1CCNCC1.Cl.Cl. The quantitative estimate of drug-likeness (QED) is 0.841. The predicted molar refractivity (Wildman–Crippen MR) is 98.5 cm³/mol.